The molecule has 0 aromatic carbocycles. The maximum atomic E-state index is 2.74. The van der Waals surface area contributed by atoms with Gasteiger partial charge in [-0.15, -0.1) is 0 Å². The van der Waals surface area contributed by atoms with Gasteiger partial charge in [0.15, 0.2) is 0 Å². The molecule has 0 spiro atoms. The van der Waals surface area contributed by atoms with Crippen molar-refractivity contribution in [1.82, 2.24) is 9.80 Å². The van der Waals surface area contributed by atoms with E-state index < -0.39 is 0 Å². The molecule has 2 nitrogen and oxygen atoms in total. The molecule has 0 fully saturated rings. The highest BCUT2D eigenvalue weighted by molar-refractivity contribution is 4.97. The van der Waals surface area contributed by atoms with Gasteiger partial charge in [0.25, 0.3) is 0 Å². The highest BCUT2D eigenvalue weighted by Crippen LogP contribution is 2.24. The van der Waals surface area contributed by atoms with Crippen LogP contribution >= 0.6 is 0 Å². The second-order valence-corrected chi connectivity index (χ2v) is 16.4. The minimum Gasteiger partial charge on any atom is -0.356 e. The van der Waals surface area contributed by atoms with Crippen molar-refractivity contribution in [3.63, 3.8) is 0 Å². The monoisotopic (exact) mass is 687 g/mol. The van der Waals surface area contributed by atoms with Gasteiger partial charge >= 0.3 is 0 Å². The molecule has 0 radical (unpaired) electrons. The first-order valence-corrected chi connectivity index (χ1v) is 23.5. The second kappa shape index (κ2) is 38.6. The molecule has 0 aromatic heterocycles. The zero-order chi connectivity index (χ0) is 35.1. The van der Waals surface area contributed by atoms with Crippen LogP contribution in [0.4, 0.5) is 0 Å². The molecule has 49 heavy (non-hydrogen) atoms. The Bertz CT molecular complexity index is 644. The third-order valence-corrected chi connectivity index (χ3v) is 11.6. The Morgan fingerprint density at radius 1 is 0.265 bits per heavy atom. The molecule has 1 aliphatic rings. The lowest BCUT2D eigenvalue weighted by molar-refractivity contribution is 0.135. The maximum absolute atomic E-state index is 2.74. The molecule has 0 bridgehead atoms. The van der Waals surface area contributed by atoms with Crippen molar-refractivity contribution in [1.29, 1.82) is 0 Å². The van der Waals surface area contributed by atoms with Gasteiger partial charge in [0.2, 0.25) is 0 Å². The first kappa shape index (κ1) is 46.4. The molecule has 0 amide bonds. The van der Waals surface area contributed by atoms with Crippen molar-refractivity contribution in [2.24, 2.45) is 0 Å². The Kier molecular flexibility index (Phi) is 36.5. The highest BCUT2D eigenvalue weighted by Gasteiger charge is 2.24. The molecule has 0 saturated carbocycles. The van der Waals surface area contributed by atoms with E-state index in [4.69, 9.17) is 0 Å². The molecule has 292 valence electrons. The van der Waals surface area contributed by atoms with Crippen molar-refractivity contribution in [2.45, 2.75) is 277 Å². The molecule has 1 unspecified atom stereocenters. The smallest absolute Gasteiger partial charge is 0.101 e. The molecular weight excluding hydrogens is 593 g/mol. The molecule has 1 rings (SSSR count). The molecule has 0 aliphatic carbocycles. The molecule has 2 heteroatoms. The van der Waals surface area contributed by atoms with Gasteiger partial charge in [-0.3, -0.25) is 0 Å². The second-order valence-electron chi connectivity index (χ2n) is 16.4. The molecule has 0 saturated heterocycles. The SMILES string of the molecule is CCCCCCCCCCCCCCCCC1N(CCCCCCCCCCCCC)C=CN1CCCCCCCCCCCCCCC. The van der Waals surface area contributed by atoms with Gasteiger partial charge < -0.3 is 9.80 Å². The van der Waals surface area contributed by atoms with E-state index in [9.17, 15) is 0 Å². The van der Waals surface area contributed by atoms with Gasteiger partial charge in [0.1, 0.15) is 6.17 Å². The topological polar surface area (TPSA) is 6.48 Å². The average Bonchev–Trinajstić information content (AvgIpc) is 3.50. The summed E-state index contributed by atoms with van der Waals surface area (Å²) >= 11 is 0. The Hall–Kier alpha value is -0.660. The van der Waals surface area contributed by atoms with Gasteiger partial charge in [-0.2, -0.15) is 0 Å². The summed E-state index contributed by atoms with van der Waals surface area (Å²) in [7, 11) is 0. The van der Waals surface area contributed by atoms with E-state index in [-0.39, 0.29) is 0 Å². The lowest BCUT2D eigenvalue weighted by Crippen LogP contribution is -2.39. The van der Waals surface area contributed by atoms with E-state index in [1.165, 1.54) is 264 Å². The normalized spacial score (nSPS) is 14.6. The average molecular weight is 687 g/mol. The van der Waals surface area contributed by atoms with Crippen LogP contribution in [0.3, 0.4) is 0 Å². The standard InChI is InChI=1S/C47H94N2/c1-4-7-10-13-16-19-22-24-25-27-30-33-36-39-42-47-48(43-40-37-34-31-28-21-18-15-12-9-6-3)45-46-49(47)44-41-38-35-32-29-26-23-20-17-14-11-8-5-2/h45-47H,4-44H2,1-3H3. The van der Waals surface area contributed by atoms with Crippen LogP contribution < -0.4 is 0 Å². The van der Waals surface area contributed by atoms with Gasteiger partial charge in [-0.1, -0.05) is 245 Å². The number of unbranched alkanes of at least 4 members (excludes halogenated alkanes) is 35. The number of nitrogens with zero attached hydrogens (tertiary/aromatic N) is 2. The zero-order valence-corrected chi connectivity index (χ0v) is 34.6. The van der Waals surface area contributed by atoms with Crippen LogP contribution in [0.15, 0.2) is 12.4 Å². The van der Waals surface area contributed by atoms with Crippen molar-refractivity contribution >= 4 is 0 Å². The van der Waals surface area contributed by atoms with Crippen molar-refractivity contribution < 1.29 is 0 Å². The number of rotatable bonds is 41. The van der Waals surface area contributed by atoms with E-state index in [1.807, 2.05) is 0 Å². The van der Waals surface area contributed by atoms with E-state index in [0.29, 0.717) is 6.17 Å². The summed E-state index contributed by atoms with van der Waals surface area (Å²) < 4.78 is 0. The fraction of sp³-hybridized carbons (Fsp3) is 0.957. The number of hydrogen-bond acceptors (Lipinski definition) is 2. The number of hydrogen-bond donors (Lipinski definition) is 0. The van der Waals surface area contributed by atoms with Gasteiger partial charge in [0, 0.05) is 25.5 Å². The third kappa shape index (κ3) is 30.7. The quantitative estimate of drug-likeness (QED) is 0.0591. The summed E-state index contributed by atoms with van der Waals surface area (Å²) in [6.45, 7) is 9.49. The summed E-state index contributed by atoms with van der Waals surface area (Å²) in [5.41, 5.74) is 0. The molecule has 0 aromatic rings. The predicted molar refractivity (Wildman–Crippen MR) is 223 cm³/mol. The van der Waals surface area contributed by atoms with Crippen molar-refractivity contribution in [2.75, 3.05) is 13.1 Å². The zero-order valence-electron chi connectivity index (χ0n) is 34.6. The van der Waals surface area contributed by atoms with Gasteiger partial charge in [0.05, 0.1) is 0 Å². The van der Waals surface area contributed by atoms with E-state index >= 15 is 0 Å². The molecule has 1 heterocycles. The highest BCUT2D eigenvalue weighted by atomic mass is 15.4. The van der Waals surface area contributed by atoms with Crippen molar-refractivity contribution in [3.8, 4) is 0 Å². The lowest BCUT2D eigenvalue weighted by Gasteiger charge is -2.33. The van der Waals surface area contributed by atoms with Crippen LogP contribution in [0.5, 0.6) is 0 Å². The minimum absolute atomic E-state index is 0.637. The van der Waals surface area contributed by atoms with Crippen molar-refractivity contribution in [3.05, 3.63) is 12.4 Å². The Morgan fingerprint density at radius 3 is 0.714 bits per heavy atom. The van der Waals surface area contributed by atoms with Crippen LogP contribution in [0.1, 0.15) is 271 Å². The lowest BCUT2D eigenvalue weighted by atomic mass is 10.0. The predicted octanol–water partition coefficient (Wildman–Crippen LogP) is 16.7. The first-order chi connectivity index (χ1) is 24.3. The Labute approximate surface area is 311 Å². The fourth-order valence-corrected chi connectivity index (χ4v) is 8.13. The molecule has 1 atom stereocenters. The summed E-state index contributed by atoms with van der Waals surface area (Å²) in [5, 5.41) is 0. The van der Waals surface area contributed by atoms with Gasteiger partial charge in [-0.05, 0) is 25.7 Å². The fourth-order valence-electron chi connectivity index (χ4n) is 8.13. The molecule has 1 aliphatic heterocycles. The van der Waals surface area contributed by atoms with Crippen LogP contribution in [0.2, 0.25) is 0 Å². The minimum atomic E-state index is 0.637. The van der Waals surface area contributed by atoms with Gasteiger partial charge in [-0.25, -0.2) is 0 Å². The maximum Gasteiger partial charge on any atom is 0.101 e. The third-order valence-electron chi connectivity index (χ3n) is 11.6. The summed E-state index contributed by atoms with van der Waals surface area (Å²) in [6.07, 6.45) is 61.9. The van der Waals surface area contributed by atoms with E-state index in [2.05, 4.69) is 43.0 Å². The summed E-state index contributed by atoms with van der Waals surface area (Å²) in [5.74, 6) is 0. The molecular formula is C47H94N2. The first-order valence-electron chi connectivity index (χ1n) is 23.5. The van der Waals surface area contributed by atoms with E-state index in [1.54, 1.807) is 0 Å². The van der Waals surface area contributed by atoms with E-state index in [0.717, 1.165) is 0 Å². The van der Waals surface area contributed by atoms with Crippen LogP contribution in [0.25, 0.3) is 0 Å². The van der Waals surface area contributed by atoms with Crippen LogP contribution in [-0.4, -0.2) is 29.1 Å². The van der Waals surface area contributed by atoms with Crippen LogP contribution in [0, 0.1) is 0 Å². The van der Waals surface area contributed by atoms with Crippen LogP contribution in [-0.2, 0) is 0 Å². The summed E-state index contributed by atoms with van der Waals surface area (Å²) in [4.78, 5) is 5.47. The Morgan fingerprint density at radius 2 is 0.469 bits per heavy atom. The summed E-state index contributed by atoms with van der Waals surface area (Å²) in [6, 6.07) is 0. The largest absolute Gasteiger partial charge is 0.356 e. The molecule has 0 N–H and O–H groups in total. The Balaban J connectivity index is 2.21.